The van der Waals surface area contributed by atoms with Crippen molar-refractivity contribution in [3.8, 4) is 5.75 Å². The van der Waals surface area contributed by atoms with Crippen molar-refractivity contribution in [1.29, 1.82) is 0 Å². The average Bonchev–Trinajstić information content (AvgIpc) is 2.76. The van der Waals surface area contributed by atoms with Crippen LogP contribution < -0.4 is 10.1 Å². The fourth-order valence-corrected chi connectivity index (χ4v) is 3.46. The Balaban J connectivity index is 2.51. The number of nitrogens with one attached hydrogen (secondary N) is 1. The summed E-state index contributed by atoms with van der Waals surface area (Å²) in [6.45, 7) is 6.08. The molecule has 2 rings (SSSR count). The molecule has 5 atom stereocenters. The molecule has 35 heavy (non-hydrogen) atoms. The fraction of sp³-hybridized carbons (Fsp3) is 0.522. The van der Waals surface area contributed by atoms with Gasteiger partial charge in [0.1, 0.15) is 30.1 Å². The van der Waals surface area contributed by atoms with Gasteiger partial charge in [-0.15, -0.1) is 0 Å². The van der Waals surface area contributed by atoms with Gasteiger partial charge in [-0.2, -0.15) is 0 Å². The summed E-state index contributed by atoms with van der Waals surface area (Å²) in [5, 5.41) is 2.59. The van der Waals surface area contributed by atoms with Crippen LogP contribution in [-0.4, -0.2) is 73.6 Å². The molecule has 0 radical (unpaired) electrons. The number of para-hydroxylation sites is 1. The highest BCUT2D eigenvalue weighted by atomic mass is 16.7. The van der Waals surface area contributed by atoms with Gasteiger partial charge < -0.3 is 33.7 Å². The summed E-state index contributed by atoms with van der Waals surface area (Å²) in [6.07, 6.45) is -5.04. The molecule has 12 nitrogen and oxygen atoms in total. The summed E-state index contributed by atoms with van der Waals surface area (Å²) in [5.41, 5.74) is 0.0854. The van der Waals surface area contributed by atoms with E-state index in [4.69, 9.17) is 28.4 Å². The monoisotopic (exact) mass is 495 g/mol. The lowest BCUT2D eigenvalue weighted by Crippen LogP contribution is -2.67. The van der Waals surface area contributed by atoms with E-state index in [1.165, 1.54) is 26.0 Å². The van der Waals surface area contributed by atoms with E-state index in [0.717, 1.165) is 13.8 Å². The number of ether oxygens (including phenoxy) is 6. The van der Waals surface area contributed by atoms with Crippen molar-refractivity contribution in [1.82, 2.24) is 5.32 Å². The Hall–Kier alpha value is -3.67. The van der Waals surface area contributed by atoms with Crippen LogP contribution in [0, 0.1) is 0 Å². The Labute approximate surface area is 202 Å². The molecule has 12 heteroatoms. The highest BCUT2D eigenvalue weighted by Crippen LogP contribution is 2.30. The van der Waals surface area contributed by atoms with Gasteiger partial charge in [-0.3, -0.25) is 19.2 Å². The van der Waals surface area contributed by atoms with E-state index in [1.807, 2.05) is 0 Å². The van der Waals surface area contributed by atoms with E-state index in [1.54, 1.807) is 19.1 Å². The molecule has 1 N–H and O–H groups in total. The first-order valence-corrected chi connectivity index (χ1v) is 10.9. The van der Waals surface area contributed by atoms with Gasteiger partial charge in [0.2, 0.25) is 12.2 Å². The molecule has 0 bridgehead atoms. The Morgan fingerprint density at radius 1 is 0.886 bits per heavy atom. The number of hydrogen-bond acceptors (Lipinski definition) is 11. The summed E-state index contributed by atoms with van der Waals surface area (Å²) >= 11 is 0. The second kappa shape index (κ2) is 12.7. The van der Waals surface area contributed by atoms with Crippen molar-refractivity contribution in [2.24, 2.45) is 0 Å². The Morgan fingerprint density at radius 3 is 2.09 bits per heavy atom. The molecule has 0 spiro atoms. The zero-order valence-corrected chi connectivity index (χ0v) is 20.1. The third kappa shape index (κ3) is 7.95. The molecule has 1 aliphatic heterocycles. The summed E-state index contributed by atoms with van der Waals surface area (Å²) in [7, 11) is 0. The number of esters is 4. The molecule has 192 valence electrons. The van der Waals surface area contributed by atoms with Gasteiger partial charge in [0, 0.05) is 27.7 Å². The first-order chi connectivity index (χ1) is 16.5. The summed E-state index contributed by atoms with van der Waals surface area (Å²) in [4.78, 5) is 59.6. The van der Waals surface area contributed by atoms with Gasteiger partial charge in [-0.25, -0.2) is 4.79 Å². The van der Waals surface area contributed by atoms with Crippen LogP contribution in [0.1, 0.15) is 45.0 Å². The zero-order chi connectivity index (χ0) is 26.1. The molecule has 0 aliphatic carbocycles. The summed E-state index contributed by atoms with van der Waals surface area (Å²) in [6, 6.07) is 5.00. The van der Waals surface area contributed by atoms with Crippen molar-refractivity contribution in [2.45, 2.75) is 65.3 Å². The van der Waals surface area contributed by atoms with Crippen LogP contribution in [0.5, 0.6) is 5.75 Å². The normalized spacial score (nSPS) is 23.4. The fourth-order valence-electron chi connectivity index (χ4n) is 3.46. The number of benzene rings is 1. The quantitative estimate of drug-likeness (QED) is 0.384. The maximum atomic E-state index is 12.4. The van der Waals surface area contributed by atoms with E-state index < -0.39 is 60.4 Å². The Kier molecular flexibility index (Phi) is 10.0. The van der Waals surface area contributed by atoms with Gasteiger partial charge in [0.15, 0.2) is 12.2 Å². The molecule has 0 saturated carbocycles. The minimum Gasteiger partial charge on any atom is -0.463 e. The predicted octanol–water partition coefficient (Wildman–Crippen LogP) is 0.898. The van der Waals surface area contributed by atoms with E-state index in [-0.39, 0.29) is 24.5 Å². The second-order valence-corrected chi connectivity index (χ2v) is 7.55. The van der Waals surface area contributed by atoms with Gasteiger partial charge in [-0.05, 0) is 19.1 Å². The van der Waals surface area contributed by atoms with E-state index >= 15 is 0 Å². The first-order valence-electron chi connectivity index (χ1n) is 10.9. The van der Waals surface area contributed by atoms with Crippen molar-refractivity contribution >= 4 is 29.8 Å². The number of hydrogen-bond donors (Lipinski definition) is 1. The van der Waals surface area contributed by atoms with Crippen LogP contribution in [0.25, 0.3) is 0 Å². The zero-order valence-electron chi connectivity index (χ0n) is 20.1. The average molecular weight is 495 g/mol. The standard InChI is InChI=1S/C23H29NO11/c1-6-30-22(29)16-9-7-8-10-17(16)34-23-19(24-12(2)25)21(33-15(5)28)20(32-14(4)27)18(35-23)11-31-13(3)26/h7-10,18-21,23H,6,11H2,1-5H3,(H,24,25)/t18-,19+,20+,21-,23-/m0/s1. The van der Waals surface area contributed by atoms with Crippen LogP contribution in [0.2, 0.25) is 0 Å². The number of rotatable bonds is 9. The molecule has 1 amide bonds. The highest BCUT2D eigenvalue weighted by Gasteiger charge is 2.52. The second-order valence-electron chi connectivity index (χ2n) is 7.55. The molecule has 0 aromatic heterocycles. The van der Waals surface area contributed by atoms with Crippen LogP contribution in [0.3, 0.4) is 0 Å². The maximum absolute atomic E-state index is 12.4. The lowest BCUT2D eigenvalue weighted by molar-refractivity contribution is -0.257. The molecule has 1 aromatic rings. The van der Waals surface area contributed by atoms with Gasteiger partial charge in [0.25, 0.3) is 0 Å². The summed E-state index contributed by atoms with van der Waals surface area (Å²) in [5.74, 6) is -3.21. The first kappa shape index (κ1) is 27.6. The van der Waals surface area contributed by atoms with Crippen molar-refractivity contribution in [2.75, 3.05) is 13.2 Å². The molecule has 1 heterocycles. The predicted molar refractivity (Wildman–Crippen MR) is 117 cm³/mol. The van der Waals surface area contributed by atoms with Crippen molar-refractivity contribution in [3.63, 3.8) is 0 Å². The number of carbonyl (C=O) groups is 5. The summed E-state index contributed by atoms with van der Waals surface area (Å²) < 4.78 is 32.8. The smallest absolute Gasteiger partial charge is 0.341 e. The highest BCUT2D eigenvalue weighted by molar-refractivity contribution is 5.92. The van der Waals surface area contributed by atoms with Crippen LogP contribution in [0.15, 0.2) is 24.3 Å². The molecular formula is C23H29NO11. The third-order valence-corrected chi connectivity index (χ3v) is 4.70. The lowest BCUT2D eigenvalue weighted by Gasteiger charge is -2.44. The van der Waals surface area contributed by atoms with Gasteiger partial charge in [-0.1, -0.05) is 12.1 Å². The SMILES string of the molecule is CCOC(=O)c1ccccc1O[C@H]1O[C@@H](COC(C)=O)[C@@H](OC(C)=O)[C@@H](OC(C)=O)[C@H]1NC(C)=O. The third-order valence-electron chi connectivity index (χ3n) is 4.70. The van der Waals surface area contributed by atoms with E-state index in [0.29, 0.717) is 0 Å². The van der Waals surface area contributed by atoms with Crippen LogP contribution in [-0.2, 0) is 42.9 Å². The van der Waals surface area contributed by atoms with Gasteiger partial charge >= 0.3 is 23.9 Å². The van der Waals surface area contributed by atoms with E-state index in [2.05, 4.69) is 5.32 Å². The largest absolute Gasteiger partial charge is 0.463 e. The van der Waals surface area contributed by atoms with Crippen LogP contribution >= 0.6 is 0 Å². The van der Waals surface area contributed by atoms with Gasteiger partial charge in [0.05, 0.1) is 6.61 Å². The minimum atomic E-state index is -1.36. The molecule has 1 aromatic carbocycles. The number of carbonyl (C=O) groups excluding carboxylic acids is 5. The lowest BCUT2D eigenvalue weighted by atomic mass is 9.96. The maximum Gasteiger partial charge on any atom is 0.341 e. The van der Waals surface area contributed by atoms with Crippen molar-refractivity contribution in [3.05, 3.63) is 29.8 Å². The topological polar surface area (TPSA) is 153 Å². The molecule has 0 unspecified atom stereocenters. The Bertz CT molecular complexity index is 947. The van der Waals surface area contributed by atoms with Crippen LogP contribution in [0.4, 0.5) is 0 Å². The molecular weight excluding hydrogens is 466 g/mol. The molecule has 1 fully saturated rings. The minimum absolute atomic E-state index is 0.0602. The molecule has 1 saturated heterocycles. The Morgan fingerprint density at radius 2 is 1.51 bits per heavy atom. The van der Waals surface area contributed by atoms with E-state index in [9.17, 15) is 24.0 Å². The number of amides is 1. The molecule has 1 aliphatic rings. The van der Waals surface area contributed by atoms with Crippen molar-refractivity contribution < 1.29 is 52.4 Å².